The summed E-state index contributed by atoms with van der Waals surface area (Å²) in [7, 11) is 1.29. The molecule has 0 aliphatic carbocycles. The van der Waals surface area contributed by atoms with E-state index in [1.54, 1.807) is 24.4 Å². The van der Waals surface area contributed by atoms with E-state index in [9.17, 15) is 18.8 Å². The van der Waals surface area contributed by atoms with Gasteiger partial charge in [-0.3, -0.25) is 19.9 Å². The molecule has 0 aliphatic rings. The van der Waals surface area contributed by atoms with E-state index in [1.165, 1.54) is 25.1 Å². The average Bonchev–Trinajstić information content (AvgIpc) is 2.88. The van der Waals surface area contributed by atoms with Crippen LogP contribution in [0.15, 0.2) is 54.7 Å². The maximum absolute atomic E-state index is 14.3. The molecule has 1 atom stereocenters. The maximum Gasteiger partial charge on any atom is 0.412 e. The van der Waals surface area contributed by atoms with Crippen LogP contribution in [0.5, 0.6) is 0 Å². The molecule has 196 valence electrons. The van der Waals surface area contributed by atoms with Gasteiger partial charge in [-0.25, -0.2) is 19.6 Å². The number of aromatic nitrogens is 1. The number of halogens is 2. The van der Waals surface area contributed by atoms with Gasteiger partial charge in [0.1, 0.15) is 18.2 Å². The summed E-state index contributed by atoms with van der Waals surface area (Å²) < 4.78 is 24.4. The normalized spacial score (nSPS) is 11.6. The molecule has 0 saturated carbocycles. The average molecular weight is 531 g/mol. The van der Waals surface area contributed by atoms with Crippen molar-refractivity contribution in [2.24, 2.45) is 0 Å². The first-order valence-corrected chi connectivity index (χ1v) is 12.0. The first-order chi connectivity index (χ1) is 17.8. The Labute approximate surface area is 218 Å². The highest BCUT2D eigenvalue weighted by Gasteiger charge is 2.24. The highest BCUT2D eigenvalue weighted by atomic mass is 35.5. The molecule has 9 nitrogen and oxygen atoms in total. The number of pyridine rings is 1. The summed E-state index contributed by atoms with van der Waals surface area (Å²) in [5.41, 5.74) is 3.15. The van der Waals surface area contributed by atoms with Crippen LogP contribution < -0.4 is 10.7 Å². The second-order valence-electron chi connectivity index (χ2n) is 8.20. The van der Waals surface area contributed by atoms with Crippen LogP contribution in [0.1, 0.15) is 31.7 Å². The Hall–Kier alpha value is -3.76. The number of carbonyl (C=O) groups is 3. The van der Waals surface area contributed by atoms with E-state index >= 15 is 0 Å². The van der Waals surface area contributed by atoms with Crippen LogP contribution in [0.2, 0.25) is 5.02 Å². The molecular weight excluding hydrogens is 503 g/mol. The minimum Gasteiger partial charge on any atom is -0.469 e. The zero-order valence-corrected chi connectivity index (χ0v) is 21.3. The van der Waals surface area contributed by atoms with Gasteiger partial charge in [-0.05, 0) is 30.4 Å². The van der Waals surface area contributed by atoms with E-state index < -0.39 is 23.9 Å². The quantitative estimate of drug-likeness (QED) is 0.269. The predicted molar refractivity (Wildman–Crippen MR) is 137 cm³/mol. The summed E-state index contributed by atoms with van der Waals surface area (Å²) in [6, 6.07) is 13.2. The van der Waals surface area contributed by atoms with Crippen molar-refractivity contribution >= 4 is 46.2 Å². The van der Waals surface area contributed by atoms with Crippen LogP contribution >= 0.6 is 11.6 Å². The lowest BCUT2D eigenvalue weighted by Gasteiger charge is -2.31. The topological polar surface area (TPSA) is 110 Å². The minimum absolute atomic E-state index is 0.0350. The second-order valence-corrected chi connectivity index (χ2v) is 8.61. The number of esters is 1. The fraction of sp³-hybridized carbons (Fsp3) is 0.308. The number of methoxy groups -OCH3 is 1. The molecule has 3 aromatic rings. The Bertz CT molecular complexity index is 1260. The van der Waals surface area contributed by atoms with E-state index in [2.05, 4.69) is 20.5 Å². The Morgan fingerprint density at radius 3 is 2.62 bits per heavy atom. The van der Waals surface area contributed by atoms with Gasteiger partial charge in [0.25, 0.3) is 0 Å². The number of nitrogens with zero attached hydrogens (tertiary/aromatic N) is 2. The molecule has 1 aromatic heterocycles. The number of rotatable bonds is 11. The van der Waals surface area contributed by atoms with E-state index in [1.807, 2.05) is 24.3 Å². The van der Waals surface area contributed by atoms with Gasteiger partial charge >= 0.3 is 12.1 Å². The number of anilines is 1. The van der Waals surface area contributed by atoms with Crippen molar-refractivity contribution in [1.82, 2.24) is 15.4 Å². The van der Waals surface area contributed by atoms with Gasteiger partial charge in [0.05, 0.1) is 18.2 Å². The zero-order chi connectivity index (χ0) is 26.8. The van der Waals surface area contributed by atoms with Crippen LogP contribution in [0.25, 0.3) is 10.8 Å². The van der Waals surface area contributed by atoms with Crippen LogP contribution in [0, 0.1) is 5.82 Å². The first-order valence-electron chi connectivity index (χ1n) is 11.6. The molecule has 0 radical (unpaired) electrons. The fourth-order valence-electron chi connectivity index (χ4n) is 3.69. The molecular formula is C26H28ClFN4O5. The summed E-state index contributed by atoms with van der Waals surface area (Å²) in [5.74, 6) is -1.07. The number of ether oxygens (including phenoxy) is 2. The van der Waals surface area contributed by atoms with Crippen molar-refractivity contribution in [2.75, 3.05) is 19.0 Å². The number of fused-ring (bicyclic) bond motifs is 1. The SMILES string of the molecule is COC(=O)CCC[C@@H](COC(=O)Nc1cc2ccccc2cn1)N(NCc1cccc(Cl)c1F)C(C)=O. The standard InChI is InChI=1S/C26H28ClFN4O5/c1-17(33)32(30-15-20-9-5-11-22(27)25(20)28)21(10-6-12-24(34)36-2)16-37-26(35)31-23-13-18-7-3-4-8-19(18)14-29-23/h3-5,7-9,11,13-14,21,30H,6,10,12,15-16H2,1-2H3,(H,29,31,35)/t21-/m0/s1. The van der Waals surface area contributed by atoms with E-state index in [-0.39, 0.29) is 36.1 Å². The number of hydrogen-bond donors (Lipinski definition) is 2. The van der Waals surface area contributed by atoms with Crippen molar-refractivity contribution < 1.29 is 28.2 Å². The minimum atomic E-state index is -0.759. The number of benzene rings is 2. The van der Waals surface area contributed by atoms with E-state index in [0.29, 0.717) is 18.7 Å². The largest absolute Gasteiger partial charge is 0.469 e. The number of hydrazine groups is 1. The number of amides is 2. The Morgan fingerprint density at radius 1 is 1.14 bits per heavy atom. The van der Waals surface area contributed by atoms with Crippen molar-refractivity contribution in [3.63, 3.8) is 0 Å². The van der Waals surface area contributed by atoms with Gasteiger partial charge in [0.2, 0.25) is 5.91 Å². The molecule has 0 aliphatic heterocycles. The number of nitrogens with one attached hydrogen (secondary N) is 2. The maximum atomic E-state index is 14.3. The van der Waals surface area contributed by atoms with Crippen LogP contribution in [-0.4, -0.2) is 47.7 Å². The van der Waals surface area contributed by atoms with Crippen LogP contribution in [-0.2, 0) is 25.6 Å². The van der Waals surface area contributed by atoms with Gasteiger partial charge in [-0.1, -0.05) is 48.0 Å². The summed E-state index contributed by atoms with van der Waals surface area (Å²) in [6.45, 7) is 1.10. The zero-order valence-electron chi connectivity index (χ0n) is 20.5. The van der Waals surface area contributed by atoms with Crippen molar-refractivity contribution in [1.29, 1.82) is 0 Å². The Morgan fingerprint density at radius 2 is 1.89 bits per heavy atom. The third-order valence-electron chi connectivity index (χ3n) is 5.59. The second kappa shape index (κ2) is 13.5. The van der Waals surface area contributed by atoms with Gasteiger partial charge in [0, 0.05) is 37.0 Å². The first kappa shape index (κ1) is 27.8. The summed E-state index contributed by atoms with van der Waals surface area (Å²) in [6.07, 6.45) is 1.67. The summed E-state index contributed by atoms with van der Waals surface area (Å²) in [5, 5.41) is 5.62. The lowest BCUT2D eigenvalue weighted by Crippen LogP contribution is -2.50. The molecule has 0 fully saturated rings. The highest BCUT2D eigenvalue weighted by Crippen LogP contribution is 2.19. The van der Waals surface area contributed by atoms with Gasteiger partial charge in [0.15, 0.2) is 0 Å². The van der Waals surface area contributed by atoms with Crippen molar-refractivity contribution in [2.45, 2.75) is 38.8 Å². The number of carbonyl (C=O) groups excluding carboxylic acids is 3. The lowest BCUT2D eigenvalue weighted by molar-refractivity contribution is -0.140. The predicted octanol–water partition coefficient (Wildman–Crippen LogP) is 4.84. The molecule has 1 heterocycles. The van der Waals surface area contributed by atoms with Gasteiger partial charge in [-0.15, -0.1) is 0 Å². The molecule has 2 N–H and O–H groups in total. The van der Waals surface area contributed by atoms with Crippen molar-refractivity contribution in [3.05, 3.63) is 71.1 Å². The third kappa shape index (κ3) is 8.12. The fourth-order valence-corrected chi connectivity index (χ4v) is 3.88. The molecule has 3 rings (SSSR count). The molecule has 0 unspecified atom stereocenters. The molecule has 11 heteroatoms. The van der Waals surface area contributed by atoms with Gasteiger partial charge in [-0.2, -0.15) is 0 Å². The molecule has 0 bridgehead atoms. The van der Waals surface area contributed by atoms with Crippen LogP contribution in [0.3, 0.4) is 0 Å². The summed E-state index contributed by atoms with van der Waals surface area (Å²) in [4.78, 5) is 40.7. The Kier molecular flexibility index (Phi) is 10.2. The van der Waals surface area contributed by atoms with E-state index in [4.69, 9.17) is 16.3 Å². The molecule has 37 heavy (non-hydrogen) atoms. The van der Waals surface area contributed by atoms with Crippen LogP contribution in [0.4, 0.5) is 15.0 Å². The Balaban J connectivity index is 1.67. The van der Waals surface area contributed by atoms with E-state index in [0.717, 1.165) is 10.8 Å². The van der Waals surface area contributed by atoms with Crippen molar-refractivity contribution in [3.8, 4) is 0 Å². The molecule has 2 aromatic carbocycles. The number of hydrogen-bond acceptors (Lipinski definition) is 7. The summed E-state index contributed by atoms with van der Waals surface area (Å²) >= 11 is 5.85. The third-order valence-corrected chi connectivity index (χ3v) is 5.88. The monoisotopic (exact) mass is 530 g/mol. The highest BCUT2D eigenvalue weighted by molar-refractivity contribution is 6.30. The smallest absolute Gasteiger partial charge is 0.412 e. The molecule has 0 saturated heterocycles. The molecule has 0 spiro atoms. The lowest BCUT2D eigenvalue weighted by atomic mass is 10.1. The van der Waals surface area contributed by atoms with Gasteiger partial charge < -0.3 is 9.47 Å². The molecule has 2 amide bonds.